The number of hydrogen-bond acceptors (Lipinski definition) is 2. The lowest BCUT2D eigenvalue weighted by Crippen LogP contribution is -2.43. The third kappa shape index (κ3) is 2.80. The third-order valence-corrected chi connectivity index (χ3v) is 2.47. The van der Waals surface area contributed by atoms with Gasteiger partial charge in [-0.25, -0.2) is 0 Å². The van der Waals surface area contributed by atoms with Gasteiger partial charge in [0.1, 0.15) is 0 Å². The van der Waals surface area contributed by atoms with E-state index >= 15 is 0 Å². The summed E-state index contributed by atoms with van der Waals surface area (Å²) < 4.78 is 5.13. The van der Waals surface area contributed by atoms with E-state index in [0.717, 1.165) is 18.5 Å². The minimum absolute atomic E-state index is 0.353. The molecule has 0 amide bonds. The highest BCUT2D eigenvalue weighted by atomic mass is 16.5. The second-order valence-corrected chi connectivity index (χ2v) is 3.73. The van der Waals surface area contributed by atoms with Gasteiger partial charge in [0.15, 0.2) is 0 Å². The first-order valence-electron chi connectivity index (χ1n) is 4.48. The molecule has 0 aromatic rings. The van der Waals surface area contributed by atoms with Crippen LogP contribution < -0.4 is 5.32 Å². The van der Waals surface area contributed by atoms with Crippen LogP contribution in [0.2, 0.25) is 0 Å². The molecule has 1 rings (SSSR count). The molecule has 2 nitrogen and oxygen atoms in total. The van der Waals surface area contributed by atoms with Gasteiger partial charge in [0, 0.05) is 19.7 Å². The van der Waals surface area contributed by atoms with Crippen molar-refractivity contribution in [1.29, 1.82) is 0 Å². The Balaban J connectivity index is 1.96. The SMILES string of the molecule is COC(C)CNC1CC(C)C1. The summed E-state index contributed by atoms with van der Waals surface area (Å²) in [4.78, 5) is 0. The van der Waals surface area contributed by atoms with Gasteiger partial charge in [-0.15, -0.1) is 0 Å². The fourth-order valence-corrected chi connectivity index (χ4v) is 1.48. The Labute approximate surface area is 69.3 Å². The molecule has 1 unspecified atom stereocenters. The third-order valence-electron chi connectivity index (χ3n) is 2.47. The van der Waals surface area contributed by atoms with Crippen LogP contribution in [0, 0.1) is 5.92 Å². The van der Waals surface area contributed by atoms with Crippen molar-refractivity contribution in [1.82, 2.24) is 5.32 Å². The van der Waals surface area contributed by atoms with Crippen molar-refractivity contribution < 1.29 is 4.74 Å². The monoisotopic (exact) mass is 157 g/mol. The molecule has 2 heteroatoms. The van der Waals surface area contributed by atoms with Crippen molar-refractivity contribution in [3.8, 4) is 0 Å². The molecule has 0 aromatic heterocycles. The Bertz CT molecular complexity index is 110. The Morgan fingerprint density at radius 1 is 1.55 bits per heavy atom. The zero-order valence-corrected chi connectivity index (χ0v) is 7.76. The van der Waals surface area contributed by atoms with Gasteiger partial charge in [-0.1, -0.05) is 6.92 Å². The van der Waals surface area contributed by atoms with Gasteiger partial charge in [-0.2, -0.15) is 0 Å². The Morgan fingerprint density at radius 3 is 2.64 bits per heavy atom. The van der Waals surface area contributed by atoms with Crippen LogP contribution in [0.4, 0.5) is 0 Å². The smallest absolute Gasteiger partial charge is 0.0667 e. The van der Waals surface area contributed by atoms with E-state index in [4.69, 9.17) is 4.74 Å². The Morgan fingerprint density at radius 2 is 2.18 bits per heavy atom. The molecule has 1 aliphatic carbocycles. The number of rotatable bonds is 4. The van der Waals surface area contributed by atoms with Gasteiger partial charge >= 0.3 is 0 Å². The fourth-order valence-electron chi connectivity index (χ4n) is 1.48. The molecule has 0 bridgehead atoms. The molecule has 0 radical (unpaired) electrons. The second kappa shape index (κ2) is 4.07. The van der Waals surface area contributed by atoms with Crippen LogP contribution in [0.3, 0.4) is 0 Å². The van der Waals surface area contributed by atoms with E-state index in [0.29, 0.717) is 6.10 Å². The van der Waals surface area contributed by atoms with Gasteiger partial charge < -0.3 is 10.1 Å². The van der Waals surface area contributed by atoms with Crippen LogP contribution >= 0.6 is 0 Å². The average Bonchev–Trinajstić information content (AvgIpc) is 1.95. The maximum atomic E-state index is 5.13. The summed E-state index contributed by atoms with van der Waals surface area (Å²) in [7, 11) is 1.76. The van der Waals surface area contributed by atoms with Crippen molar-refractivity contribution in [3.63, 3.8) is 0 Å². The normalized spacial score (nSPS) is 33.0. The summed E-state index contributed by atoms with van der Waals surface area (Å²) in [6, 6.07) is 0.766. The summed E-state index contributed by atoms with van der Waals surface area (Å²) in [5.41, 5.74) is 0. The summed E-state index contributed by atoms with van der Waals surface area (Å²) >= 11 is 0. The van der Waals surface area contributed by atoms with E-state index < -0.39 is 0 Å². The summed E-state index contributed by atoms with van der Waals surface area (Å²) in [5, 5.41) is 3.48. The van der Waals surface area contributed by atoms with Gasteiger partial charge in [0.05, 0.1) is 6.10 Å². The van der Waals surface area contributed by atoms with Crippen LogP contribution in [0.15, 0.2) is 0 Å². The largest absolute Gasteiger partial charge is 0.380 e. The topological polar surface area (TPSA) is 21.3 Å². The predicted molar refractivity (Wildman–Crippen MR) is 46.7 cm³/mol. The lowest BCUT2D eigenvalue weighted by molar-refractivity contribution is 0.105. The number of ether oxygens (including phenoxy) is 1. The van der Waals surface area contributed by atoms with Gasteiger partial charge in [-0.3, -0.25) is 0 Å². The minimum atomic E-state index is 0.353. The first-order valence-corrected chi connectivity index (χ1v) is 4.48. The van der Waals surface area contributed by atoms with Crippen molar-refractivity contribution in [3.05, 3.63) is 0 Å². The first-order chi connectivity index (χ1) is 5.22. The highest BCUT2D eigenvalue weighted by Crippen LogP contribution is 2.25. The van der Waals surface area contributed by atoms with Crippen LogP contribution in [-0.2, 0) is 4.74 Å². The molecule has 1 aliphatic rings. The molecule has 1 fully saturated rings. The maximum Gasteiger partial charge on any atom is 0.0667 e. The number of nitrogens with one attached hydrogen (secondary N) is 1. The van der Waals surface area contributed by atoms with Crippen LogP contribution in [0.1, 0.15) is 26.7 Å². The van der Waals surface area contributed by atoms with Crippen LogP contribution in [0.25, 0.3) is 0 Å². The molecular weight excluding hydrogens is 138 g/mol. The molecule has 0 heterocycles. The second-order valence-electron chi connectivity index (χ2n) is 3.73. The zero-order chi connectivity index (χ0) is 8.27. The molecule has 0 spiro atoms. The average molecular weight is 157 g/mol. The van der Waals surface area contributed by atoms with Crippen molar-refractivity contribution >= 4 is 0 Å². The molecule has 0 aromatic carbocycles. The van der Waals surface area contributed by atoms with E-state index in [1.165, 1.54) is 12.8 Å². The molecule has 11 heavy (non-hydrogen) atoms. The highest BCUT2D eigenvalue weighted by molar-refractivity contribution is 4.82. The molecule has 1 atom stereocenters. The predicted octanol–water partition coefficient (Wildman–Crippen LogP) is 1.41. The quantitative estimate of drug-likeness (QED) is 0.666. The Kier molecular flexibility index (Phi) is 3.34. The lowest BCUT2D eigenvalue weighted by Gasteiger charge is -2.34. The maximum absolute atomic E-state index is 5.13. The lowest BCUT2D eigenvalue weighted by atomic mass is 9.82. The standard InChI is InChI=1S/C9H19NO/c1-7-4-9(5-7)10-6-8(2)11-3/h7-10H,4-6H2,1-3H3. The van der Waals surface area contributed by atoms with E-state index in [1.807, 2.05) is 0 Å². The van der Waals surface area contributed by atoms with Gasteiger partial charge in [0.2, 0.25) is 0 Å². The molecular formula is C9H19NO. The van der Waals surface area contributed by atoms with Crippen LogP contribution in [0.5, 0.6) is 0 Å². The molecule has 66 valence electrons. The first kappa shape index (κ1) is 9.01. The minimum Gasteiger partial charge on any atom is -0.380 e. The van der Waals surface area contributed by atoms with Crippen LogP contribution in [-0.4, -0.2) is 25.8 Å². The fraction of sp³-hybridized carbons (Fsp3) is 1.00. The van der Waals surface area contributed by atoms with E-state index in [2.05, 4.69) is 19.2 Å². The van der Waals surface area contributed by atoms with Crippen molar-refractivity contribution in [2.75, 3.05) is 13.7 Å². The van der Waals surface area contributed by atoms with E-state index in [-0.39, 0.29) is 0 Å². The Hall–Kier alpha value is -0.0800. The van der Waals surface area contributed by atoms with E-state index in [1.54, 1.807) is 7.11 Å². The van der Waals surface area contributed by atoms with Gasteiger partial charge in [0.25, 0.3) is 0 Å². The summed E-state index contributed by atoms with van der Waals surface area (Å²) in [5.74, 6) is 0.936. The van der Waals surface area contributed by atoms with Gasteiger partial charge in [-0.05, 0) is 25.7 Å². The summed E-state index contributed by atoms with van der Waals surface area (Å²) in [6.45, 7) is 5.39. The number of methoxy groups -OCH3 is 1. The molecule has 1 N–H and O–H groups in total. The van der Waals surface area contributed by atoms with E-state index in [9.17, 15) is 0 Å². The van der Waals surface area contributed by atoms with Crippen molar-refractivity contribution in [2.45, 2.75) is 38.8 Å². The molecule has 1 saturated carbocycles. The molecule has 0 aliphatic heterocycles. The zero-order valence-electron chi connectivity index (χ0n) is 7.76. The highest BCUT2D eigenvalue weighted by Gasteiger charge is 2.24. The number of hydrogen-bond donors (Lipinski definition) is 1. The molecule has 0 saturated heterocycles. The summed E-state index contributed by atoms with van der Waals surface area (Å²) in [6.07, 6.45) is 3.04. The van der Waals surface area contributed by atoms with Crippen molar-refractivity contribution in [2.24, 2.45) is 5.92 Å².